The van der Waals surface area contributed by atoms with Crippen LogP contribution in [0.5, 0.6) is 0 Å². The van der Waals surface area contributed by atoms with Gasteiger partial charge in [0.2, 0.25) is 0 Å². The lowest BCUT2D eigenvalue weighted by Gasteiger charge is -2.07. The number of benzene rings is 1. The summed E-state index contributed by atoms with van der Waals surface area (Å²) in [6.45, 7) is -0.297. The lowest BCUT2D eigenvalue weighted by molar-refractivity contribution is -0.147. The second-order valence-electron chi connectivity index (χ2n) is 5.03. The molecule has 0 atom stereocenters. The summed E-state index contributed by atoms with van der Waals surface area (Å²) in [6, 6.07) is 12.7. The lowest BCUT2D eigenvalue weighted by Crippen LogP contribution is -2.34. The lowest BCUT2D eigenvalue weighted by atomic mass is 10.1. The molecule has 0 saturated heterocycles. The molecule has 0 spiro atoms. The number of amides is 2. The van der Waals surface area contributed by atoms with Gasteiger partial charge in [-0.2, -0.15) is 0 Å². The molecule has 2 amide bonds. The van der Waals surface area contributed by atoms with E-state index < -0.39 is 24.4 Å². The van der Waals surface area contributed by atoms with E-state index >= 15 is 0 Å². The molecule has 0 aliphatic heterocycles. The molecular formula is C17H17BrN2O5. The predicted molar refractivity (Wildman–Crippen MR) is 92.9 cm³/mol. The second kappa shape index (κ2) is 9.63. The smallest absolute Gasteiger partial charge is 0.325 e. The first-order valence-electron chi connectivity index (χ1n) is 7.54. The van der Waals surface area contributed by atoms with Crippen molar-refractivity contribution in [2.45, 2.75) is 6.42 Å². The van der Waals surface area contributed by atoms with Crippen molar-refractivity contribution in [3.8, 4) is 0 Å². The summed E-state index contributed by atoms with van der Waals surface area (Å²) in [6.07, 6.45) is 0.690. The van der Waals surface area contributed by atoms with Crippen LogP contribution in [-0.4, -0.2) is 37.5 Å². The number of hydrogen-bond donors (Lipinski definition) is 2. The minimum absolute atomic E-state index is 0.0679. The molecule has 1 heterocycles. The zero-order valence-corrected chi connectivity index (χ0v) is 14.9. The fourth-order valence-corrected chi connectivity index (χ4v) is 2.22. The number of esters is 1. The third kappa shape index (κ3) is 6.80. The molecule has 0 unspecified atom stereocenters. The summed E-state index contributed by atoms with van der Waals surface area (Å²) in [7, 11) is 0. The maximum Gasteiger partial charge on any atom is 0.325 e. The minimum Gasteiger partial charge on any atom is -0.454 e. The summed E-state index contributed by atoms with van der Waals surface area (Å²) < 4.78 is 10.2. The molecule has 25 heavy (non-hydrogen) atoms. The van der Waals surface area contributed by atoms with Gasteiger partial charge in [0.15, 0.2) is 17.0 Å². The number of carbonyl (C=O) groups excluding carboxylic acids is 3. The highest BCUT2D eigenvalue weighted by molar-refractivity contribution is 9.10. The SMILES string of the molecule is O=C(COC(=O)CNC(=O)c1ccc(Br)o1)NCCc1ccccc1. The normalized spacial score (nSPS) is 10.1. The zero-order valence-electron chi connectivity index (χ0n) is 13.3. The Morgan fingerprint density at radius 3 is 2.48 bits per heavy atom. The third-order valence-electron chi connectivity index (χ3n) is 3.13. The number of nitrogens with one attached hydrogen (secondary N) is 2. The number of ether oxygens (including phenoxy) is 1. The van der Waals surface area contributed by atoms with Gasteiger partial charge in [0.25, 0.3) is 11.8 Å². The maximum atomic E-state index is 11.7. The van der Waals surface area contributed by atoms with Gasteiger partial charge in [0.05, 0.1) is 0 Å². The molecule has 1 aromatic heterocycles. The first kappa shape index (κ1) is 18.7. The van der Waals surface area contributed by atoms with Crippen molar-refractivity contribution in [2.75, 3.05) is 19.7 Å². The van der Waals surface area contributed by atoms with Crippen molar-refractivity contribution in [1.82, 2.24) is 10.6 Å². The van der Waals surface area contributed by atoms with Crippen LogP contribution in [-0.2, 0) is 20.7 Å². The third-order valence-corrected chi connectivity index (χ3v) is 3.56. The van der Waals surface area contributed by atoms with Crippen molar-refractivity contribution in [1.29, 1.82) is 0 Å². The number of halogens is 1. The Bertz CT molecular complexity index is 730. The maximum absolute atomic E-state index is 11.7. The largest absolute Gasteiger partial charge is 0.454 e. The van der Waals surface area contributed by atoms with Crippen molar-refractivity contribution in [3.05, 3.63) is 58.5 Å². The van der Waals surface area contributed by atoms with Gasteiger partial charge in [-0.3, -0.25) is 14.4 Å². The van der Waals surface area contributed by atoms with Crippen LogP contribution < -0.4 is 10.6 Å². The average molecular weight is 409 g/mol. The molecule has 0 saturated carbocycles. The second-order valence-corrected chi connectivity index (χ2v) is 5.81. The van der Waals surface area contributed by atoms with E-state index in [0.29, 0.717) is 17.6 Å². The van der Waals surface area contributed by atoms with E-state index in [9.17, 15) is 14.4 Å². The highest BCUT2D eigenvalue weighted by Gasteiger charge is 2.13. The molecule has 2 rings (SSSR count). The predicted octanol–water partition coefficient (Wildman–Crippen LogP) is 1.67. The van der Waals surface area contributed by atoms with Crippen LogP contribution in [0.15, 0.2) is 51.6 Å². The van der Waals surface area contributed by atoms with E-state index in [-0.39, 0.29) is 12.3 Å². The monoisotopic (exact) mass is 408 g/mol. The van der Waals surface area contributed by atoms with Crippen molar-refractivity contribution in [3.63, 3.8) is 0 Å². The van der Waals surface area contributed by atoms with Gasteiger partial charge in [-0.15, -0.1) is 0 Å². The van der Waals surface area contributed by atoms with Crippen LogP contribution >= 0.6 is 15.9 Å². The summed E-state index contributed by atoms with van der Waals surface area (Å²) in [5.74, 6) is -1.59. The van der Waals surface area contributed by atoms with E-state index in [0.717, 1.165) is 5.56 Å². The highest BCUT2D eigenvalue weighted by atomic mass is 79.9. The summed E-state index contributed by atoms with van der Waals surface area (Å²) in [4.78, 5) is 34.8. The molecule has 0 aliphatic carbocycles. The number of rotatable bonds is 8. The van der Waals surface area contributed by atoms with Crippen LogP contribution in [0.3, 0.4) is 0 Å². The Morgan fingerprint density at radius 1 is 1.04 bits per heavy atom. The first-order chi connectivity index (χ1) is 12.0. The van der Waals surface area contributed by atoms with Gasteiger partial charge in [0.1, 0.15) is 6.54 Å². The van der Waals surface area contributed by atoms with E-state index in [1.54, 1.807) is 6.07 Å². The number of hydrogen-bond acceptors (Lipinski definition) is 5. The first-order valence-corrected chi connectivity index (χ1v) is 8.33. The van der Waals surface area contributed by atoms with Crippen LogP contribution in [0, 0.1) is 0 Å². The van der Waals surface area contributed by atoms with Crippen molar-refractivity contribution < 1.29 is 23.5 Å². The summed E-state index contributed by atoms with van der Waals surface area (Å²) >= 11 is 3.07. The molecule has 0 radical (unpaired) electrons. The fourth-order valence-electron chi connectivity index (χ4n) is 1.91. The average Bonchev–Trinajstić information content (AvgIpc) is 3.05. The highest BCUT2D eigenvalue weighted by Crippen LogP contribution is 2.13. The molecular weight excluding hydrogens is 392 g/mol. The van der Waals surface area contributed by atoms with Gasteiger partial charge < -0.3 is 19.8 Å². The molecule has 0 fully saturated rings. The molecule has 8 heteroatoms. The van der Waals surface area contributed by atoms with Gasteiger partial charge in [-0.25, -0.2) is 0 Å². The van der Waals surface area contributed by atoms with E-state index in [4.69, 9.17) is 9.15 Å². The van der Waals surface area contributed by atoms with Gasteiger partial charge >= 0.3 is 5.97 Å². The van der Waals surface area contributed by atoms with Gasteiger partial charge in [-0.1, -0.05) is 30.3 Å². The Labute approximate surface area is 152 Å². The van der Waals surface area contributed by atoms with Crippen LogP contribution in [0.2, 0.25) is 0 Å². The Balaban J connectivity index is 1.59. The quantitative estimate of drug-likeness (QED) is 0.647. The van der Waals surface area contributed by atoms with Gasteiger partial charge in [0, 0.05) is 6.54 Å². The molecule has 0 aliphatic rings. The summed E-state index contributed by atoms with van der Waals surface area (Å²) in [5, 5.41) is 5.00. The van der Waals surface area contributed by atoms with Gasteiger partial charge in [-0.05, 0) is 40.0 Å². The van der Waals surface area contributed by atoms with Crippen molar-refractivity contribution in [2.24, 2.45) is 0 Å². The Hall–Kier alpha value is -2.61. The summed E-state index contributed by atoms with van der Waals surface area (Å²) in [5.41, 5.74) is 1.10. The Kier molecular flexibility index (Phi) is 7.21. The fraction of sp³-hybridized carbons (Fsp3) is 0.235. The number of furan rings is 1. The van der Waals surface area contributed by atoms with E-state index in [1.807, 2.05) is 30.3 Å². The molecule has 7 nitrogen and oxygen atoms in total. The van der Waals surface area contributed by atoms with Crippen molar-refractivity contribution >= 4 is 33.7 Å². The minimum atomic E-state index is -0.711. The molecule has 132 valence electrons. The molecule has 0 bridgehead atoms. The zero-order chi connectivity index (χ0) is 18.1. The molecule has 2 aromatic rings. The standard InChI is InChI=1S/C17H17BrN2O5/c18-14-7-6-13(25-14)17(23)20-10-16(22)24-11-15(21)19-9-8-12-4-2-1-3-5-12/h1-7H,8-11H2,(H,19,21)(H,20,23). The van der Waals surface area contributed by atoms with E-state index in [2.05, 4.69) is 26.6 Å². The van der Waals surface area contributed by atoms with Crippen LogP contribution in [0.25, 0.3) is 0 Å². The van der Waals surface area contributed by atoms with Crippen LogP contribution in [0.1, 0.15) is 16.1 Å². The van der Waals surface area contributed by atoms with Crippen LogP contribution in [0.4, 0.5) is 0 Å². The Morgan fingerprint density at radius 2 is 1.80 bits per heavy atom. The topological polar surface area (TPSA) is 97.6 Å². The number of carbonyl (C=O) groups is 3. The molecule has 2 N–H and O–H groups in total. The van der Waals surface area contributed by atoms with E-state index in [1.165, 1.54) is 6.07 Å². The molecule has 1 aromatic carbocycles.